The Bertz CT molecular complexity index is 932. The van der Waals surface area contributed by atoms with Crippen LogP contribution in [0.2, 0.25) is 0 Å². The van der Waals surface area contributed by atoms with Gasteiger partial charge in [-0.25, -0.2) is 9.37 Å². The third kappa shape index (κ3) is 5.08. The van der Waals surface area contributed by atoms with Crippen LogP contribution >= 0.6 is 32.6 Å². The van der Waals surface area contributed by atoms with E-state index >= 15 is 0 Å². The van der Waals surface area contributed by atoms with Crippen LogP contribution in [0.4, 0.5) is 15.1 Å². The van der Waals surface area contributed by atoms with Crippen LogP contribution in [0.15, 0.2) is 24.6 Å². The van der Waals surface area contributed by atoms with Gasteiger partial charge in [0.05, 0.1) is 11.8 Å². The summed E-state index contributed by atoms with van der Waals surface area (Å²) in [4.78, 5) is 16.6. The number of halogens is 2. The molecular weight excluding hydrogens is 500 g/mol. The first kappa shape index (κ1) is 20.7. The second kappa shape index (κ2) is 9.47. The molecule has 0 spiro atoms. The maximum atomic E-state index is 13.6. The molecule has 3 N–H and O–H groups in total. The molecule has 0 aliphatic carbocycles. The molecule has 0 saturated carbocycles. The summed E-state index contributed by atoms with van der Waals surface area (Å²) in [5, 5.41) is 15.6. The van der Waals surface area contributed by atoms with Gasteiger partial charge in [-0.05, 0) is 32.4 Å². The largest absolute Gasteiger partial charge is 0.489 e. The first-order valence-corrected chi connectivity index (χ1v) is 11.3. The molecule has 0 saturated heterocycles. The van der Waals surface area contributed by atoms with E-state index in [4.69, 9.17) is 9.84 Å². The maximum absolute atomic E-state index is 13.6. The average Bonchev–Trinajstić information content (AvgIpc) is 3.09. The van der Waals surface area contributed by atoms with E-state index in [2.05, 4.69) is 22.0 Å². The van der Waals surface area contributed by atoms with Crippen molar-refractivity contribution in [1.82, 2.24) is 10.3 Å². The Morgan fingerprint density at radius 3 is 3.00 bits per heavy atom. The van der Waals surface area contributed by atoms with Gasteiger partial charge in [0.1, 0.15) is 38.6 Å². The average molecular weight is 519 g/mol. The number of aliphatic hydroxyl groups excluding tert-OH is 1. The second-order valence-corrected chi connectivity index (χ2v) is 8.41. The van der Waals surface area contributed by atoms with E-state index in [1.165, 1.54) is 23.5 Å². The zero-order valence-electron chi connectivity index (χ0n) is 15.2. The molecule has 0 atom stereocenters. The molecule has 150 valence electrons. The van der Waals surface area contributed by atoms with E-state index in [1.54, 1.807) is 6.07 Å². The molecule has 3 rings (SSSR count). The summed E-state index contributed by atoms with van der Waals surface area (Å²) < 4.78 is 28.1. The summed E-state index contributed by atoms with van der Waals surface area (Å²) in [6.07, 6.45) is 0.353. The number of amidine groups is 1. The van der Waals surface area contributed by atoms with E-state index in [-0.39, 0.29) is 23.6 Å². The fourth-order valence-electron chi connectivity index (χ4n) is 2.27. The van der Waals surface area contributed by atoms with Crippen LogP contribution in [-0.4, -0.2) is 41.1 Å². The van der Waals surface area contributed by atoms with Gasteiger partial charge in [0, 0.05) is 19.2 Å². The Morgan fingerprint density at radius 2 is 2.25 bits per heavy atom. The van der Waals surface area contributed by atoms with Gasteiger partial charge < -0.3 is 20.5 Å². The molecule has 1 aromatic carbocycles. The Hall–Kier alpha value is -1.99. The minimum atomic E-state index is -0.826. The lowest BCUT2D eigenvalue weighted by atomic mass is 10.2. The van der Waals surface area contributed by atoms with Gasteiger partial charge in [-0.15, -0.1) is 0 Å². The molecule has 28 heavy (non-hydrogen) atoms. The van der Waals surface area contributed by atoms with Crippen molar-refractivity contribution in [2.24, 2.45) is 6.35 Å². The van der Waals surface area contributed by atoms with E-state index in [0.29, 0.717) is 40.9 Å². The van der Waals surface area contributed by atoms with Crippen molar-refractivity contribution in [1.29, 1.82) is 0 Å². The number of aliphatic hydroxyl groups is 1. The van der Waals surface area contributed by atoms with Crippen LogP contribution in [0.5, 0.6) is 5.75 Å². The molecule has 11 heteroatoms. The molecule has 0 radical (unpaired) electrons. The first-order chi connectivity index (χ1) is 13.5. The van der Waals surface area contributed by atoms with Crippen molar-refractivity contribution in [3.05, 3.63) is 34.7 Å². The van der Waals surface area contributed by atoms with Crippen LogP contribution in [0.1, 0.15) is 35.8 Å². The number of nitrogens with zero attached hydrogens (tertiary/aromatic N) is 3. The van der Waals surface area contributed by atoms with Gasteiger partial charge in [-0.1, -0.05) is 11.3 Å². The molecular formula is C17H19FIN5O3S. The number of amides is 1. The quantitative estimate of drug-likeness (QED) is 0.382. The van der Waals surface area contributed by atoms with Crippen LogP contribution < -0.4 is 15.4 Å². The van der Waals surface area contributed by atoms with Crippen LogP contribution in [-0.2, 0) is 0 Å². The van der Waals surface area contributed by atoms with Gasteiger partial charge in [-0.2, -0.15) is 6.35 Å². The highest BCUT2D eigenvalue weighted by atomic mass is 127. The van der Waals surface area contributed by atoms with Crippen molar-refractivity contribution in [3.8, 4) is 5.75 Å². The summed E-state index contributed by atoms with van der Waals surface area (Å²) in [7, 11) is 0. The number of carbonyl (C=O) groups excluding carboxylic acids is 1. The fourth-order valence-corrected chi connectivity index (χ4v) is 4.63. The van der Waals surface area contributed by atoms with Gasteiger partial charge in [0.15, 0.2) is 15.8 Å². The van der Waals surface area contributed by atoms with Crippen LogP contribution in [0, 0.1) is 5.82 Å². The number of thiazole rings is 1. The number of aromatic nitrogens is 1. The molecule has 0 unspecified atom stereocenters. The summed E-state index contributed by atoms with van der Waals surface area (Å²) in [5.41, 5.74) is 1.05. The van der Waals surface area contributed by atoms with Crippen molar-refractivity contribution in [2.75, 3.05) is 18.5 Å². The molecule has 1 aromatic heterocycles. The monoisotopic (exact) mass is 519 g/mol. The Morgan fingerprint density at radius 1 is 1.43 bits per heavy atom. The van der Waals surface area contributed by atoms with Crippen molar-refractivity contribution in [3.63, 3.8) is 0 Å². The maximum Gasteiger partial charge on any atom is 0.280 e. The first-order valence-electron chi connectivity index (χ1n) is 8.54. The number of hydrogen-bond acceptors (Lipinski definition) is 8. The number of benzene rings is 1. The predicted molar refractivity (Wildman–Crippen MR) is 115 cm³/mol. The Kier molecular flexibility index (Phi) is 7.02. The smallest absolute Gasteiger partial charge is 0.280 e. The Balaban J connectivity index is 1.82. The highest BCUT2D eigenvalue weighted by Gasteiger charge is 2.23. The summed E-state index contributed by atoms with van der Waals surface area (Å²) in [6.45, 7) is 4.09. The number of rotatable bonds is 7. The highest BCUT2D eigenvalue weighted by Crippen LogP contribution is 2.36. The topological polar surface area (TPSA) is 108 Å². The van der Waals surface area contributed by atoms with Crippen LogP contribution in [0.3, 0.4) is 0 Å². The molecule has 8 nitrogen and oxygen atoms in total. The third-order valence-corrected chi connectivity index (χ3v) is 6.12. The van der Waals surface area contributed by atoms with Gasteiger partial charge in [-0.3, -0.25) is 4.79 Å². The summed E-state index contributed by atoms with van der Waals surface area (Å²) >= 11 is 0.370. The molecule has 2 aromatic rings. The molecule has 1 amide bonds. The highest BCUT2D eigenvalue weighted by molar-refractivity contribution is 14.1. The lowest BCUT2D eigenvalue weighted by Gasteiger charge is -2.16. The third-order valence-electron chi connectivity index (χ3n) is 3.44. The van der Waals surface area contributed by atoms with Gasteiger partial charge in [0.2, 0.25) is 0 Å². The molecule has 0 bridgehead atoms. The lowest BCUT2D eigenvalue weighted by Crippen LogP contribution is -2.25. The number of hydrogen-bond donors (Lipinski definition) is 3. The zero-order valence-corrected chi connectivity index (χ0v) is 18.2. The van der Waals surface area contributed by atoms with E-state index in [1.807, 2.05) is 13.8 Å². The minimum absolute atomic E-state index is 0.00753. The number of carbonyl (C=O) groups is 1. The minimum Gasteiger partial charge on any atom is -0.489 e. The van der Waals surface area contributed by atoms with Crippen molar-refractivity contribution in [2.45, 2.75) is 26.4 Å². The predicted octanol–water partition coefficient (Wildman–Crippen LogP) is 3.75. The lowest BCUT2D eigenvalue weighted by molar-refractivity contribution is 0.0950. The molecule has 1 aliphatic heterocycles. The van der Waals surface area contributed by atoms with E-state index < -0.39 is 27.1 Å². The van der Waals surface area contributed by atoms with Crippen molar-refractivity contribution < 1.29 is 19.0 Å². The molecule has 1 aliphatic rings. The second-order valence-electron chi connectivity index (χ2n) is 6.03. The van der Waals surface area contributed by atoms with E-state index in [9.17, 15) is 9.18 Å². The SMILES string of the molecule is CC(C)Oc1cc(F)ccc1NC1=NI=Nc2sc(C(=O)NCCCO)nc21. The fraction of sp³-hybridized carbons (Fsp3) is 0.353. The summed E-state index contributed by atoms with van der Waals surface area (Å²) in [5.74, 6) is 0.150. The number of nitrogens with one attached hydrogen (secondary N) is 2. The van der Waals surface area contributed by atoms with Gasteiger partial charge >= 0.3 is 0 Å². The molecule has 2 heterocycles. The van der Waals surface area contributed by atoms with E-state index in [0.717, 1.165) is 0 Å². The standard InChI is InChI=1S/C17H19FIN5O3S/c1-9(2)27-12-8-10(18)4-5-11(12)21-14-13-16(24-19-23-14)28-17(22-13)15(26)20-6-3-7-25/h4-5,8-9,25H,3,6-7H2,1-2H3,(H,20,26)(H,21,23,24). The zero-order chi connectivity index (χ0) is 20.1. The summed E-state index contributed by atoms with van der Waals surface area (Å²) in [6, 6.07) is 4.22. The van der Waals surface area contributed by atoms with Crippen molar-refractivity contribution >= 4 is 55.1 Å². The van der Waals surface area contributed by atoms with Crippen LogP contribution in [0.25, 0.3) is 0 Å². The normalized spacial score (nSPS) is 12.8. The number of ether oxygens (including phenoxy) is 1. The van der Waals surface area contributed by atoms with Gasteiger partial charge in [0.25, 0.3) is 5.91 Å². The Labute approximate surface area is 175 Å². The number of anilines is 1. The number of fused-ring (bicyclic) bond motifs is 1. The molecule has 0 fully saturated rings.